The van der Waals surface area contributed by atoms with Crippen molar-refractivity contribution >= 4 is 10.8 Å². The van der Waals surface area contributed by atoms with Crippen LogP contribution in [0.1, 0.15) is 18.1 Å². The second-order valence-corrected chi connectivity index (χ2v) is 5.31. The largest absolute Gasteiger partial charge is 0.486 e. The summed E-state index contributed by atoms with van der Waals surface area (Å²) in [4.78, 5) is 12.3. The molecule has 0 radical (unpaired) electrons. The maximum absolute atomic E-state index is 12.5. The van der Waals surface area contributed by atoms with Crippen molar-refractivity contribution in [1.82, 2.24) is 25.1 Å². The Morgan fingerprint density at radius 2 is 1.85 bits per heavy atom. The topological polar surface area (TPSA) is 86.8 Å². The van der Waals surface area contributed by atoms with Gasteiger partial charge in [-0.2, -0.15) is 8.78 Å². The minimum Gasteiger partial charge on any atom is -0.486 e. The van der Waals surface area contributed by atoms with Gasteiger partial charge in [-0.1, -0.05) is 6.07 Å². The molecule has 0 amide bonds. The highest BCUT2D eigenvalue weighted by Crippen LogP contribution is 2.23. The first kappa shape index (κ1) is 16.0. The van der Waals surface area contributed by atoms with E-state index in [2.05, 4.69) is 25.1 Å². The highest BCUT2D eigenvalue weighted by molar-refractivity contribution is 5.82. The van der Waals surface area contributed by atoms with E-state index in [1.807, 2.05) is 24.3 Å². The van der Waals surface area contributed by atoms with E-state index in [0.29, 0.717) is 17.1 Å². The number of fused-ring (bicyclic) bond motifs is 1. The van der Waals surface area contributed by atoms with Crippen molar-refractivity contribution < 1.29 is 17.9 Å². The quantitative estimate of drug-likeness (QED) is 0.540. The van der Waals surface area contributed by atoms with Crippen molar-refractivity contribution in [3.8, 4) is 17.2 Å². The van der Waals surface area contributed by atoms with Crippen LogP contribution in [0.4, 0.5) is 8.78 Å². The molecule has 0 aliphatic carbocycles. The summed E-state index contributed by atoms with van der Waals surface area (Å²) in [5.41, 5.74) is 0.352. The van der Waals surface area contributed by atoms with Gasteiger partial charge in [-0.25, -0.2) is 9.97 Å². The Kier molecular flexibility index (Phi) is 4.18. The predicted octanol–water partition coefficient (Wildman–Crippen LogP) is 3.59. The van der Waals surface area contributed by atoms with E-state index in [1.54, 1.807) is 12.4 Å². The summed E-state index contributed by atoms with van der Waals surface area (Å²) in [5, 5.41) is 8.84. The summed E-state index contributed by atoms with van der Waals surface area (Å²) in [6.45, 7) is 0.151. The highest BCUT2D eigenvalue weighted by atomic mass is 19.3. The van der Waals surface area contributed by atoms with Crippen LogP contribution < -0.4 is 4.74 Å². The van der Waals surface area contributed by atoms with Crippen LogP contribution in [-0.2, 0) is 6.61 Å². The lowest BCUT2D eigenvalue weighted by atomic mass is 10.2. The summed E-state index contributed by atoms with van der Waals surface area (Å²) in [7, 11) is 0. The Labute approximate surface area is 145 Å². The molecule has 0 saturated heterocycles. The zero-order chi connectivity index (χ0) is 17.9. The smallest absolute Gasteiger partial charge is 0.314 e. The minimum atomic E-state index is -2.82. The van der Waals surface area contributed by atoms with Crippen molar-refractivity contribution in [2.75, 3.05) is 0 Å². The van der Waals surface area contributed by atoms with E-state index in [-0.39, 0.29) is 12.5 Å². The SMILES string of the molecule is FC(F)c1nnc(-c2cnc(COc3ccc4ccncc4c3)nc2)o1. The van der Waals surface area contributed by atoms with Crippen molar-refractivity contribution in [2.24, 2.45) is 0 Å². The van der Waals surface area contributed by atoms with Crippen molar-refractivity contribution in [3.63, 3.8) is 0 Å². The summed E-state index contributed by atoms with van der Waals surface area (Å²) < 4.78 is 35.5. The fourth-order valence-electron chi connectivity index (χ4n) is 2.28. The lowest BCUT2D eigenvalue weighted by Gasteiger charge is -2.06. The molecule has 0 unspecified atom stereocenters. The predicted molar refractivity (Wildman–Crippen MR) is 86.4 cm³/mol. The molecule has 0 aliphatic heterocycles. The Balaban J connectivity index is 1.44. The molecule has 4 rings (SSSR count). The van der Waals surface area contributed by atoms with Gasteiger partial charge in [-0.05, 0) is 23.6 Å². The first-order valence-electron chi connectivity index (χ1n) is 7.58. The minimum absolute atomic E-state index is 0.0604. The number of nitrogens with zero attached hydrogens (tertiary/aromatic N) is 5. The van der Waals surface area contributed by atoms with Crippen LogP contribution in [0.5, 0.6) is 5.75 Å². The Morgan fingerprint density at radius 3 is 2.62 bits per heavy atom. The van der Waals surface area contributed by atoms with Gasteiger partial charge in [0.2, 0.25) is 0 Å². The van der Waals surface area contributed by atoms with E-state index >= 15 is 0 Å². The van der Waals surface area contributed by atoms with Gasteiger partial charge < -0.3 is 9.15 Å². The third-order valence-electron chi connectivity index (χ3n) is 3.56. The molecule has 0 spiro atoms. The molecule has 1 aromatic carbocycles. The summed E-state index contributed by atoms with van der Waals surface area (Å²) >= 11 is 0. The Morgan fingerprint density at radius 1 is 1.00 bits per heavy atom. The van der Waals surface area contributed by atoms with Crippen molar-refractivity contribution in [1.29, 1.82) is 0 Å². The summed E-state index contributed by atoms with van der Waals surface area (Å²) in [5.74, 6) is 0.290. The maximum atomic E-state index is 12.5. The van der Waals surface area contributed by atoms with E-state index < -0.39 is 12.3 Å². The maximum Gasteiger partial charge on any atom is 0.314 e. The molecule has 130 valence electrons. The molecule has 3 aromatic heterocycles. The van der Waals surface area contributed by atoms with Crippen LogP contribution in [-0.4, -0.2) is 25.1 Å². The summed E-state index contributed by atoms with van der Waals surface area (Å²) in [6.07, 6.45) is 3.50. The summed E-state index contributed by atoms with van der Waals surface area (Å²) in [6, 6.07) is 7.58. The molecule has 9 heteroatoms. The van der Waals surface area contributed by atoms with Crippen LogP contribution in [0.25, 0.3) is 22.2 Å². The second kappa shape index (κ2) is 6.79. The van der Waals surface area contributed by atoms with Gasteiger partial charge in [0.05, 0.1) is 5.56 Å². The zero-order valence-corrected chi connectivity index (χ0v) is 13.2. The lowest BCUT2D eigenvalue weighted by molar-refractivity contribution is 0.116. The van der Waals surface area contributed by atoms with Gasteiger partial charge in [-0.15, -0.1) is 10.2 Å². The fraction of sp³-hybridized carbons (Fsp3) is 0.118. The molecule has 7 nitrogen and oxygen atoms in total. The van der Waals surface area contributed by atoms with E-state index in [4.69, 9.17) is 9.15 Å². The Hall–Kier alpha value is -3.49. The van der Waals surface area contributed by atoms with Crippen LogP contribution in [0.2, 0.25) is 0 Å². The van der Waals surface area contributed by atoms with Crippen LogP contribution in [0, 0.1) is 0 Å². The number of hydrogen-bond acceptors (Lipinski definition) is 7. The standard InChI is InChI=1S/C17H11F2N5O2/c18-15(19)17-24-23-16(26-17)12-7-21-14(22-8-12)9-25-13-2-1-10-3-4-20-6-11(10)5-13/h1-8,15H,9H2. The molecule has 0 fully saturated rings. The number of benzene rings is 1. The third-order valence-corrected chi connectivity index (χ3v) is 3.56. The molecule has 0 aliphatic rings. The molecule has 3 heterocycles. The molecule has 26 heavy (non-hydrogen) atoms. The zero-order valence-electron chi connectivity index (χ0n) is 13.2. The van der Waals surface area contributed by atoms with Crippen LogP contribution >= 0.6 is 0 Å². The van der Waals surface area contributed by atoms with E-state index in [1.165, 1.54) is 12.4 Å². The van der Waals surface area contributed by atoms with Crippen molar-refractivity contribution in [2.45, 2.75) is 13.0 Å². The number of ether oxygens (including phenoxy) is 1. The van der Waals surface area contributed by atoms with Gasteiger partial charge in [0, 0.05) is 30.2 Å². The molecule has 0 bridgehead atoms. The number of halogens is 2. The van der Waals surface area contributed by atoms with Gasteiger partial charge in [0.15, 0.2) is 5.82 Å². The van der Waals surface area contributed by atoms with Gasteiger partial charge in [-0.3, -0.25) is 4.98 Å². The monoisotopic (exact) mass is 355 g/mol. The number of pyridine rings is 1. The molecular weight excluding hydrogens is 344 g/mol. The number of alkyl halides is 2. The first-order valence-corrected chi connectivity index (χ1v) is 7.58. The Bertz CT molecular complexity index is 1040. The van der Waals surface area contributed by atoms with E-state index in [9.17, 15) is 8.78 Å². The lowest BCUT2D eigenvalue weighted by Crippen LogP contribution is -2.01. The number of hydrogen-bond donors (Lipinski definition) is 0. The average molecular weight is 355 g/mol. The fourth-order valence-corrected chi connectivity index (χ4v) is 2.28. The molecule has 0 atom stereocenters. The van der Waals surface area contributed by atoms with Gasteiger partial charge >= 0.3 is 6.43 Å². The normalized spacial score (nSPS) is 11.2. The van der Waals surface area contributed by atoms with Crippen molar-refractivity contribution in [3.05, 3.63) is 60.8 Å². The molecule has 0 saturated carbocycles. The van der Waals surface area contributed by atoms with Gasteiger partial charge in [0.1, 0.15) is 12.4 Å². The first-order chi connectivity index (χ1) is 12.7. The highest BCUT2D eigenvalue weighted by Gasteiger charge is 2.17. The van der Waals surface area contributed by atoms with Crippen LogP contribution in [0.15, 0.2) is 53.5 Å². The second-order valence-electron chi connectivity index (χ2n) is 5.31. The molecule has 0 N–H and O–H groups in total. The third kappa shape index (κ3) is 3.32. The van der Waals surface area contributed by atoms with Gasteiger partial charge in [0.25, 0.3) is 11.8 Å². The van der Waals surface area contributed by atoms with E-state index in [0.717, 1.165) is 10.8 Å². The number of aromatic nitrogens is 5. The van der Waals surface area contributed by atoms with Crippen LogP contribution in [0.3, 0.4) is 0 Å². The molecular formula is C17H11F2N5O2. The average Bonchev–Trinajstić information content (AvgIpc) is 3.17. The number of rotatable bonds is 5. The molecule has 4 aromatic rings.